The fraction of sp³-hybridized carbons (Fsp3) is 0.167. The Morgan fingerprint density at radius 1 is 1.00 bits per heavy atom. The van der Waals surface area contributed by atoms with Crippen molar-refractivity contribution in [3.05, 3.63) is 47.8 Å². The highest BCUT2D eigenvalue weighted by Crippen LogP contribution is 2.20. The predicted octanol–water partition coefficient (Wildman–Crippen LogP) is 2.90. The summed E-state index contributed by atoms with van der Waals surface area (Å²) in [6, 6.07) is 7.08. The van der Waals surface area contributed by atoms with E-state index in [0.29, 0.717) is 5.69 Å². The molecule has 0 unspecified atom stereocenters. The van der Waals surface area contributed by atoms with Crippen LogP contribution in [-0.4, -0.2) is 9.97 Å². The molecule has 0 spiro atoms. The summed E-state index contributed by atoms with van der Waals surface area (Å²) in [7, 11) is 0. The van der Waals surface area contributed by atoms with Crippen molar-refractivity contribution >= 4 is 0 Å². The molecule has 2 heterocycles. The van der Waals surface area contributed by atoms with Crippen LogP contribution in [0.3, 0.4) is 0 Å². The molecule has 3 heteroatoms. The molecule has 2 rings (SSSR count). The van der Waals surface area contributed by atoms with Crippen LogP contribution in [0.25, 0.3) is 11.1 Å². The zero-order valence-corrected chi connectivity index (χ0v) is 8.66. The lowest BCUT2D eigenvalue weighted by Crippen LogP contribution is -1.90. The summed E-state index contributed by atoms with van der Waals surface area (Å²) in [4.78, 5) is 7.80. The smallest absolute Gasteiger partial charge is 0.213 e. The van der Waals surface area contributed by atoms with E-state index in [1.54, 1.807) is 13.1 Å². The van der Waals surface area contributed by atoms with Gasteiger partial charge in [-0.1, -0.05) is 0 Å². The fourth-order valence-corrected chi connectivity index (χ4v) is 1.52. The summed E-state index contributed by atoms with van der Waals surface area (Å²) in [6.07, 6.45) is 1.72. The highest BCUT2D eigenvalue weighted by Gasteiger charge is 2.02. The molecule has 0 bridgehead atoms. The molecule has 0 fully saturated rings. The summed E-state index contributed by atoms with van der Waals surface area (Å²) in [5, 5.41) is 0. The van der Waals surface area contributed by atoms with E-state index >= 15 is 0 Å². The van der Waals surface area contributed by atoms with Gasteiger partial charge in [0.15, 0.2) is 0 Å². The third kappa shape index (κ3) is 2.18. The molecule has 76 valence electrons. The van der Waals surface area contributed by atoms with E-state index in [1.807, 2.05) is 25.1 Å². The molecule has 0 aliphatic carbocycles. The summed E-state index contributed by atoms with van der Waals surface area (Å²) in [5.74, 6) is -0.445. The molecule has 15 heavy (non-hydrogen) atoms. The first-order chi connectivity index (χ1) is 7.15. The first-order valence-corrected chi connectivity index (χ1v) is 4.72. The SMILES string of the molecule is Cc1cc(-c2cc(C)nc(F)c2)ccn1. The van der Waals surface area contributed by atoms with Gasteiger partial charge in [-0.25, -0.2) is 4.98 Å². The second kappa shape index (κ2) is 3.77. The molecule has 0 saturated heterocycles. The van der Waals surface area contributed by atoms with E-state index in [2.05, 4.69) is 9.97 Å². The van der Waals surface area contributed by atoms with E-state index in [0.717, 1.165) is 16.8 Å². The van der Waals surface area contributed by atoms with Crippen molar-refractivity contribution in [3.63, 3.8) is 0 Å². The number of pyridine rings is 2. The molecule has 0 amide bonds. The normalized spacial score (nSPS) is 10.3. The van der Waals surface area contributed by atoms with Crippen LogP contribution < -0.4 is 0 Å². The molecule has 0 aromatic carbocycles. The third-order valence-corrected chi connectivity index (χ3v) is 2.15. The van der Waals surface area contributed by atoms with Crippen LogP contribution in [0, 0.1) is 19.8 Å². The van der Waals surface area contributed by atoms with Gasteiger partial charge in [0.25, 0.3) is 0 Å². The van der Waals surface area contributed by atoms with Gasteiger partial charge in [-0.05, 0) is 43.2 Å². The highest BCUT2D eigenvalue weighted by atomic mass is 19.1. The average Bonchev–Trinajstić information content (AvgIpc) is 2.16. The lowest BCUT2D eigenvalue weighted by molar-refractivity contribution is 0.581. The molecule has 0 atom stereocenters. The maximum absolute atomic E-state index is 13.1. The fourth-order valence-electron chi connectivity index (χ4n) is 1.52. The maximum Gasteiger partial charge on any atom is 0.213 e. The Bertz CT molecular complexity index is 474. The largest absolute Gasteiger partial charge is 0.262 e. The van der Waals surface area contributed by atoms with Gasteiger partial charge in [-0.2, -0.15) is 4.39 Å². The van der Waals surface area contributed by atoms with Crippen molar-refractivity contribution in [3.8, 4) is 11.1 Å². The van der Waals surface area contributed by atoms with E-state index in [1.165, 1.54) is 6.07 Å². The molecule has 0 aliphatic heterocycles. The molecule has 0 N–H and O–H groups in total. The van der Waals surface area contributed by atoms with Gasteiger partial charge in [-0.15, -0.1) is 0 Å². The van der Waals surface area contributed by atoms with E-state index in [-0.39, 0.29) is 0 Å². The molecule has 0 radical (unpaired) electrons. The number of hydrogen-bond donors (Lipinski definition) is 0. The standard InChI is InChI=1S/C12H11FN2/c1-8-5-10(3-4-14-8)11-6-9(2)15-12(13)7-11/h3-7H,1-2H3. The second-order valence-electron chi connectivity index (χ2n) is 3.51. The Hall–Kier alpha value is -1.77. The van der Waals surface area contributed by atoms with Gasteiger partial charge in [-0.3, -0.25) is 4.98 Å². The first kappa shape index (κ1) is 9.77. The number of hydrogen-bond acceptors (Lipinski definition) is 2. The Morgan fingerprint density at radius 2 is 1.73 bits per heavy atom. The highest BCUT2D eigenvalue weighted by molar-refractivity contribution is 5.63. The van der Waals surface area contributed by atoms with Crippen molar-refractivity contribution < 1.29 is 4.39 Å². The van der Waals surface area contributed by atoms with Crippen LogP contribution in [0.5, 0.6) is 0 Å². The molecule has 2 aromatic rings. The van der Waals surface area contributed by atoms with Gasteiger partial charge in [0.2, 0.25) is 5.95 Å². The van der Waals surface area contributed by atoms with Crippen molar-refractivity contribution in [2.24, 2.45) is 0 Å². The summed E-state index contributed by atoms with van der Waals surface area (Å²) >= 11 is 0. The predicted molar refractivity (Wildman–Crippen MR) is 56.9 cm³/mol. The Labute approximate surface area is 87.8 Å². The quantitative estimate of drug-likeness (QED) is 0.664. The minimum atomic E-state index is -0.445. The second-order valence-corrected chi connectivity index (χ2v) is 3.51. The van der Waals surface area contributed by atoms with Crippen LogP contribution in [0.1, 0.15) is 11.4 Å². The molecular weight excluding hydrogens is 191 g/mol. The zero-order chi connectivity index (χ0) is 10.8. The van der Waals surface area contributed by atoms with Gasteiger partial charge < -0.3 is 0 Å². The molecular formula is C12H11FN2. The van der Waals surface area contributed by atoms with Crippen LogP contribution in [0.15, 0.2) is 30.5 Å². The van der Waals surface area contributed by atoms with Gasteiger partial charge in [0.05, 0.1) is 0 Å². The number of rotatable bonds is 1. The number of aromatic nitrogens is 2. The number of nitrogens with zero attached hydrogens (tertiary/aromatic N) is 2. The lowest BCUT2D eigenvalue weighted by atomic mass is 10.1. The topological polar surface area (TPSA) is 25.8 Å². The Morgan fingerprint density at radius 3 is 2.40 bits per heavy atom. The van der Waals surface area contributed by atoms with E-state index in [9.17, 15) is 4.39 Å². The Balaban J connectivity index is 2.54. The van der Waals surface area contributed by atoms with Crippen LogP contribution in [0.2, 0.25) is 0 Å². The van der Waals surface area contributed by atoms with Gasteiger partial charge in [0, 0.05) is 23.7 Å². The van der Waals surface area contributed by atoms with Gasteiger partial charge >= 0.3 is 0 Å². The minimum Gasteiger partial charge on any atom is -0.262 e. The summed E-state index contributed by atoms with van der Waals surface area (Å²) in [6.45, 7) is 3.69. The monoisotopic (exact) mass is 202 g/mol. The van der Waals surface area contributed by atoms with Crippen LogP contribution in [0.4, 0.5) is 4.39 Å². The molecule has 0 saturated carbocycles. The minimum absolute atomic E-state index is 0.445. The Kier molecular flexibility index (Phi) is 2.46. The number of halogens is 1. The first-order valence-electron chi connectivity index (χ1n) is 4.72. The average molecular weight is 202 g/mol. The third-order valence-electron chi connectivity index (χ3n) is 2.15. The lowest BCUT2D eigenvalue weighted by Gasteiger charge is -2.03. The molecule has 0 aliphatic rings. The van der Waals surface area contributed by atoms with Crippen LogP contribution in [-0.2, 0) is 0 Å². The molecule has 2 aromatic heterocycles. The van der Waals surface area contributed by atoms with E-state index < -0.39 is 5.95 Å². The summed E-state index contributed by atoms with van der Waals surface area (Å²) in [5.41, 5.74) is 3.40. The van der Waals surface area contributed by atoms with Crippen molar-refractivity contribution in [1.29, 1.82) is 0 Å². The van der Waals surface area contributed by atoms with Crippen LogP contribution >= 0.6 is 0 Å². The van der Waals surface area contributed by atoms with Gasteiger partial charge in [0.1, 0.15) is 0 Å². The summed E-state index contributed by atoms with van der Waals surface area (Å²) < 4.78 is 13.1. The van der Waals surface area contributed by atoms with E-state index in [4.69, 9.17) is 0 Å². The van der Waals surface area contributed by atoms with Crippen molar-refractivity contribution in [2.45, 2.75) is 13.8 Å². The van der Waals surface area contributed by atoms with Crippen molar-refractivity contribution in [2.75, 3.05) is 0 Å². The molecule has 2 nitrogen and oxygen atoms in total. The maximum atomic E-state index is 13.1. The van der Waals surface area contributed by atoms with Crippen molar-refractivity contribution in [1.82, 2.24) is 9.97 Å². The zero-order valence-electron chi connectivity index (χ0n) is 8.66. The number of aryl methyl sites for hydroxylation is 2.